The van der Waals surface area contributed by atoms with Crippen molar-refractivity contribution >= 4 is 11.8 Å². The molecule has 0 aliphatic carbocycles. The van der Waals surface area contributed by atoms with E-state index >= 15 is 0 Å². The molecular formula is C21H34N2O5. The molecule has 0 bridgehead atoms. The molecule has 0 saturated carbocycles. The lowest BCUT2D eigenvalue weighted by atomic mass is 10.1. The topological polar surface area (TPSA) is 85.9 Å². The number of hydrogen-bond donors (Lipinski definition) is 2. The fourth-order valence-electron chi connectivity index (χ4n) is 1.74. The van der Waals surface area contributed by atoms with Gasteiger partial charge in [-0.05, 0) is 18.6 Å². The Balaban J connectivity index is 0. The molecular weight excluding hydrogens is 360 g/mol. The number of hydroxylamine groups is 1. The minimum Gasteiger partial charge on any atom is -0.375 e. The van der Waals surface area contributed by atoms with Crippen LogP contribution >= 0.6 is 0 Å². The molecule has 7 heteroatoms. The Kier molecular flexibility index (Phi) is 20.6. The molecule has 0 fully saturated rings. The van der Waals surface area contributed by atoms with Gasteiger partial charge < -0.3 is 14.8 Å². The number of carbonyl (C=O) groups excluding carboxylic acids is 2. The summed E-state index contributed by atoms with van der Waals surface area (Å²) < 4.78 is 10.7. The molecule has 0 radical (unpaired) electrons. The SMILES string of the molecule is C=CC.C=CCOCCOCc1ccccc1C(=O)NCC(=O)NOC.CC. The van der Waals surface area contributed by atoms with Gasteiger partial charge in [0.1, 0.15) is 0 Å². The van der Waals surface area contributed by atoms with Crippen molar-refractivity contribution in [2.45, 2.75) is 27.4 Å². The predicted molar refractivity (Wildman–Crippen MR) is 112 cm³/mol. The molecule has 0 unspecified atom stereocenters. The van der Waals surface area contributed by atoms with Crippen LogP contribution in [0.25, 0.3) is 0 Å². The maximum Gasteiger partial charge on any atom is 0.262 e. The number of benzene rings is 1. The smallest absolute Gasteiger partial charge is 0.262 e. The van der Waals surface area contributed by atoms with E-state index in [1.54, 1.807) is 30.4 Å². The number of nitrogens with one attached hydrogen (secondary N) is 2. The molecule has 2 amide bonds. The number of amides is 2. The summed E-state index contributed by atoms with van der Waals surface area (Å²) in [5.41, 5.74) is 3.33. The highest BCUT2D eigenvalue weighted by molar-refractivity contribution is 5.97. The lowest BCUT2D eigenvalue weighted by Gasteiger charge is -2.10. The van der Waals surface area contributed by atoms with E-state index in [1.807, 2.05) is 26.8 Å². The van der Waals surface area contributed by atoms with Crippen LogP contribution in [0.4, 0.5) is 0 Å². The van der Waals surface area contributed by atoms with Crippen molar-refractivity contribution in [2.75, 3.05) is 33.5 Å². The van der Waals surface area contributed by atoms with Crippen molar-refractivity contribution in [1.29, 1.82) is 0 Å². The summed E-state index contributed by atoms with van der Waals surface area (Å²) in [4.78, 5) is 27.9. The number of rotatable bonds is 11. The fraction of sp³-hybridized carbons (Fsp3) is 0.429. The molecule has 0 atom stereocenters. The molecule has 0 heterocycles. The molecule has 7 nitrogen and oxygen atoms in total. The van der Waals surface area contributed by atoms with Crippen molar-refractivity contribution in [1.82, 2.24) is 10.8 Å². The second-order valence-electron chi connectivity index (χ2n) is 4.89. The van der Waals surface area contributed by atoms with Crippen LogP contribution in [-0.4, -0.2) is 45.3 Å². The van der Waals surface area contributed by atoms with Gasteiger partial charge in [-0.3, -0.25) is 14.4 Å². The van der Waals surface area contributed by atoms with Crippen molar-refractivity contribution in [3.05, 3.63) is 60.7 Å². The monoisotopic (exact) mass is 394 g/mol. The summed E-state index contributed by atoms with van der Waals surface area (Å²) in [5, 5.41) is 2.52. The Morgan fingerprint density at radius 3 is 2.32 bits per heavy atom. The average Bonchev–Trinajstić information content (AvgIpc) is 2.71. The van der Waals surface area contributed by atoms with Gasteiger partial charge in [0.2, 0.25) is 0 Å². The molecule has 28 heavy (non-hydrogen) atoms. The highest BCUT2D eigenvalue weighted by Gasteiger charge is 2.12. The summed E-state index contributed by atoms with van der Waals surface area (Å²) in [7, 11) is 1.32. The van der Waals surface area contributed by atoms with Gasteiger partial charge in [0.25, 0.3) is 11.8 Å². The van der Waals surface area contributed by atoms with Crippen LogP contribution in [0.5, 0.6) is 0 Å². The van der Waals surface area contributed by atoms with Crippen molar-refractivity contribution in [3.63, 3.8) is 0 Å². The molecule has 158 valence electrons. The van der Waals surface area contributed by atoms with Crippen molar-refractivity contribution < 1.29 is 23.9 Å². The number of allylic oxidation sites excluding steroid dienone is 1. The lowest BCUT2D eigenvalue weighted by Crippen LogP contribution is -2.36. The third-order valence-corrected chi connectivity index (χ3v) is 2.75. The van der Waals surface area contributed by atoms with Crippen LogP contribution in [0, 0.1) is 0 Å². The van der Waals surface area contributed by atoms with Crippen LogP contribution in [0.2, 0.25) is 0 Å². The maximum atomic E-state index is 12.1. The third kappa shape index (κ3) is 14.7. The zero-order valence-corrected chi connectivity index (χ0v) is 17.5. The van der Waals surface area contributed by atoms with Crippen LogP contribution in [-0.2, 0) is 25.7 Å². The summed E-state index contributed by atoms with van der Waals surface area (Å²) in [6, 6.07) is 7.05. The Labute approximate surface area is 168 Å². The van der Waals surface area contributed by atoms with Gasteiger partial charge in [0.05, 0.1) is 40.1 Å². The van der Waals surface area contributed by atoms with E-state index in [2.05, 4.69) is 28.8 Å². The highest BCUT2D eigenvalue weighted by Crippen LogP contribution is 2.10. The summed E-state index contributed by atoms with van der Waals surface area (Å²) in [6.07, 6.45) is 3.42. The van der Waals surface area contributed by atoms with Gasteiger partial charge in [0.15, 0.2) is 0 Å². The second-order valence-corrected chi connectivity index (χ2v) is 4.89. The molecule has 0 aliphatic heterocycles. The Morgan fingerprint density at radius 1 is 1.11 bits per heavy atom. The first kappa shape index (κ1) is 27.7. The Hall–Kier alpha value is -2.48. The predicted octanol–water partition coefficient (Wildman–Crippen LogP) is 3.03. The Morgan fingerprint density at radius 2 is 1.71 bits per heavy atom. The van der Waals surface area contributed by atoms with Gasteiger partial charge in [-0.25, -0.2) is 5.48 Å². The van der Waals surface area contributed by atoms with Crippen LogP contribution in [0.1, 0.15) is 36.7 Å². The van der Waals surface area contributed by atoms with Crippen molar-refractivity contribution in [3.8, 4) is 0 Å². The zero-order valence-electron chi connectivity index (χ0n) is 17.5. The van der Waals surface area contributed by atoms with Gasteiger partial charge in [0, 0.05) is 5.56 Å². The quantitative estimate of drug-likeness (QED) is 0.342. The van der Waals surface area contributed by atoms with Crippen LogP contribution in [0.3, 0.4) is 0 Å². The summed E-state index contributed by atoms with van der Waals surface area (Å²) in [6.45, 7) is 14.3. The van der Waals surface area contributed by atoms with Gasteiger partial charge in [-0.2, -0.15) is 0 Å². The minimum absolute atomic E-state index is 0.169. The molecule has 0 spiro atoms. The largest absolute Gasteiger partial charge is 0.375 e. The Bertz CT molecular complexity index is 561. The van der Waals surface area contributed by atoms with E-state index in [-0.39, 0.29) is 19.1 Å². The first-order valence-corrected chi connectivity index (χ1v) is 9.12. The van der Waals surface area contributed by atoms with E-state index in [1.165, 1.54) is 7.11 Å². The third-order valence-electron chi connectivity index (χ3n) is 2.75. The highest BCUT2D eigenvalue weighted by atomic mass is 16.6. The number of ether oxygens (including phenoxy) is 2. The molecule has 1 aromatic carbocycles. The molecule has 0 saturated heterocycles. The van der Waals surface area contributed by atoms with Crippen LogP contribution < -0.4 is 10.8 Å². The van der Waals surface area contributed by atoms with Crippen molar-refractivity contribution in [2.24, 2.45) is 0 Å². The van der Waals surface area contributed by atoms with E-state index in [4.69, 9.17) is 9.47 Å². The molecule has 0 aliphatic rings. The molecule has 1 aromatic rings. The van der Waals surface area contributed by atoms with E-state index in [0.29, 0.717) is 25.4 Å². The first-order chi connectivity index (χ1) is 13.6. The zero-order chi connectivity index (χ0) is 21.6. The van der Waals surface area contributed by atoms with Crippen LogP contribution in [0.15, 0.2) is 49.6 Å². The number of hydrogen-bond acceptors (Lipinski definition) is 5. The summed E-state index contributed by atoms with van der Waals surface area (Å²) in [5.74, 6) is -0.785. The lowest BCUT2D eigenvalue weighted by molar-refractivity contribution is -0.130. The second kappa shape index (κ2) is 20.8. The maximum absolute atomic E-state index is 12.1. The minimum atomic E-state index is -0.436. The normalized spacial score (nSPS) is 9.00. The molecule has 1 rings (SSSR count). The average molecular weight is 395 g/mol. The summed E-state index contributed by atoms with van der Waals surface area (Å²) >= 11 is 0. The van der Waals surface area contributed by atoms with E-state index < -0.39 is 5.91 Å². The van der Waals surface area contributed by atoms with Gasteiger partial charge in [-0.1, -0.05) is 44.2 Å². The standard InChI is InChI=1S/C16H22N2O5.C3H6.C2H6/c1-3-8-22-9-10-23-12-13-6-4-5-7-14(13)16(20)17-11-15(19)18-21-2;1-3-2;1-2/h3-7H,1,8-12H2,2H3,(H,17,20)(H,18,19);3H,1H2,2H3;1-2H3. The van der Waals surface area contributed by atoms with E-state index in [9.17, 15) is 9.59 Å². The first-order valence-electron chi connectivity index (χ1n) is 9.12. The molecule has 0 aromatic heterocycles. The van der Waals surface area contributed by atoms with Gasteiger partial charge >= 0.3 is 0 Å². The molecule has 2 N–H and O–H groups in total. The van der Waals surface area contributed by atoms with E-state index in [0.717, 1.165) is 5.56 Å². The fourth-order valence-corrected chi connectivity index (χ4v) is 1.74. The number of carbonyl (C=O) groups is 2. The van der Waals surface area contributed by atoms with Gasteiger partial charge in [-0.15, -0.1) is 13.2 Å².